The number of hydrogen-bond donors (Lipinski definition) is 2. The number of fused-ring (bicyclic) bond motifs is 1. The summed E-state index contributed by atoms with van der Waals surface area (Å²) in [4.78, 5) is 0. The topological polar surface area (TPSA) is 38.0 Å². The molecule has 0 aliphatic rings. The molecule has 19 heavy (non-hydrogen) atoms. The zero-order valence-corrected chi connectivity index (χ0v) is 11.3. The first-order valence-corrected chi connectivity index (χ1v) is 6.67. The van der Waals surface area contributed by atoms with Gasteiger partial charge < -0.3 is 11.1 Å². The van der Waals surface area contributed by atoms with Crippen molar-refractivity contribution in [3.05, 3.63) is 48.0 Å². The van der Waals surface area contributed by atoms with Crippen molar-refractivity contribution in [3.8, 4) is 11.8 Å². The van der Waals surface area contributed by atoms with Gasteiger partial charge in [-0.25, -0.2) is 0 Å². The van der Waals surface area contributed by atoms with Crippen molar-refractivity contribution in [1.82, 2.24) is 5.32 Å². The number of hydrogen-bond acceptors (Lipinski definition) is 2. The second-order valence-electron chi connectivity index (χ2n) is 4.49. The highest BCUT2D eigenvalue weighted by molar-refractivity contribution is 5.86. The molecule has 0 saturated carbocycles. The van der Waals surface area contributed by atoms with E-state index in [2.05, 4.69) is 59.6 Å². The molecule has 0 amide bonds. The van der Waals surface area contributed by atoms with Crippen LogP contribution in [0.5, 0.6) is 0 Å². The molecule has 98 valence electrons. The molecule has 2 heteroatoms. The Morgan fingerprint density at radius 1 is 1.16 bits per heavy atom. The van der Waals surface area contributed by atoms with Gasteiger partial charge in [-0.1, -0.05) is 42.5 Å². The maximum atomic E-state index is 5.91. The number of nitrogens with one attached hydrogen (secondary N) is 1. The van der Waals surface area contributed by atoms with Crippen molar-refractivity contribution in [1.29, 1.82) is 0 Å². The van der Waals surface area contributed by atoms with Gasteiger partial charge >= 0.3 is 0 Å². The average molecular weight is 252 g/mol. The van der Waals surface area contributed by atoms with E-state index in [1.807, 2.05) is 6.92 Å². The lowest BCUT2D eigenvalue weighted by Crippen LogP contribution is -2.29. The fourth-order valence-corrected chi connectivity index (χ4v) is 2.31. The highest BCUT2D eigenvalue weighted by Gasteiger charge is 2.11. The molecule has 2 aromatic carbocycles. The van der Waals surface area contributed by atoms with Gasteiger partial charge in [-0.2, -0.15) is 0 Å². The van der Waals surface area contributed by atoms with Crippen LogP contribution in [-0.2, 0) is 0 Å². The summed E-state index contributed by atoms with van der Waals surface area (Å²) in [6, 6.07) is 15.0. The van der Waals surface area contributed by atoms with Crippen LogP contribution in [0.2, 0.25) is 0 Å². The molecule has 0 heterocycles. The molecule has 0 aliphatic carbocycles. The van der Waals surface area contributed by atoms with Crippen LogP contribution >= 0.6 is 0 Å². The third kappa shape index (κ3) is 3.35. The predicted octanol–water partition coefficient (Wildman–Crippen LogP) is 2.84. The molecular formula is C17H20N2. The third-order valence-corrected chi connectivity index (χ3v) is 3.25. The molecule has 1 atom stereocenters. The van der Waals surface area contributed by atoms with Crippen LogP contribution in [0.15, 0.2) is 42.5 Å². The van der Waals surface area contributed by atoms with E-state index in [1.54, 1.807) is 0 Å². The first-order valence-electron chi connectivity index (χ1n) is 6.67. The Balaban J connectivity index is 2.22. The van der Waals surface area contributed by atoms with Gasteiger partial charge in [0.1, 0.15) is 0 Å². The minimum Gasteiger partial charge on any atom is -0.329 e. The first-order chi connectivity index (χ1) is 9.36. The predicted molar refractivity (Wildman–Crippen MR) is 81.8 cm³/mol. The van der Waals surface area contributed by atoms with Crippen LogP contribution in [0.25, 0.3) is 10.8 Å². The number of nitrogens with two attached hydrogens (primary N) is 1. The van der Waals surface area contributed by atoms with Gasteiger partial charge in [0.15, 0.2) is 0 Å². The van der Waals surface area contributed by atoms with E-state index in [1.165, 1.54) is 16.3 Å². The van der Waals surface area contributed by atoms with Gasteiger partial charge in [0.25, 0.3) is 0 Å². The van der Waals surface area contributed by atoms with Crippen molar-refractivity contribution in [2.75, 3.05) is 13.1 Å². The van der Waals surface area contributed by atoms with Crippen molar-refractivity contribution in [2.45, 2.75) is 19.4 Å². The van der Waals surface area contributed by atoms with E-state index in [0.717, 1.165) is 13.0 Å². The van der Waals surface area contributed by atoms with Crippen LogP contribution in [0.3, 0.4) is 0 Å². The Hall–Kier alpha value is -1.82. The molecule has 0 radical (unpaired) electrons. The Morgan fingerprint density at radius 2 is 1.95 bits per heavy atom. The summed E-state index contributed by atoms with van der Waals surface area (Å²) in [5.41, 5.74) is 7.18. The Bertz CT molecular complexity index is 587. The summed E-state index contributed by atoms with van der Waals surface area (Å²) in [5.74, 6) is 5.97. The highest BCUT2D eigenvalue weighted by Crippen LogP contribution is 2.23. The summed E-state index contributed by atoms with van der Waals surface area (Å²) in [6.45, 7) is 3.32. The summed E-state index contributed by atoms with van der Waals surface area (Å²) in [6.07, 6.45) is 0.859. The molecule has 3 N–H and O–H groups in total. The highest BCUT2D eigenvalue weighted by atomic mass is 14.9. The zero-order valence-electron chi connectivity index (χ0n) is 11.3. The van der Waals surface area contributed by atoms with Gasteiger partial charge in [0, 0.05) is 25.6 Å². The monoisotopic (exact) mass is 252 g/mol. The third-order valence-electron chi connectivity index (χ3n) is 3.25. The van der Waals surface area contributed by atoms with Crippen LogP contribution in [0.1, 0.15) is 24.9 Å². The van der Waals surface area contributed by atoms with Crippen LogP contribution in [0, 0.1) is 11.8 Å². The zero-order chi connectivity index (χ0) is 13.5. The molecule has 0 fully saturated rings. The van der Waals surface area contributed by atoms with E-state index < -0.39 is 0 Å². The van der Waals surface area contributed by atoms with Crippen molar-refractivity contribution < 1.29 is 0 Å². The molecule has 2 nitrogen and oxygen atoms in total. The number of benzene rings is 2. The van der Waals surface area contributed by atoms with Gasteiger partial charge in [-0.05, 0) is 23.3 Å². The molecule has 2 aromatic rings. The van der Waals surface area contributed by atoms with Crippen LogP contribution in [0.4, 0.5) is 0 Å². The maximum Gasteiger partial charge on any atom is 0.0451 e. The lowest BCUT2D eigenvalue weighted by atomic mass is 9.98. The van der Waals surface area contributed by atoms with Gasteiger partial charge in [0.2, 0.25) is 0 Å². The molecule has 2 rings (SSSR count). The van der Waals surface area contributed by atoms with Crippen molar-refractivity contribution in [3.63, 3.8) is 0 Å². The van der Waals surface area contributed by atoms with Gasteiger partial charge in [-0.15, -0.1) is 11.8 Å². The Kier molecular flexibility index (Phi) is 4.97. The van der Waals surface area contributed by atoms with E-state index in [-0.39, 0.29) is 6.04 Å². The molecule has 1 unspecified atom stereocenters. The molecule has 0 saturated heterocycles. The van der Waals surface area contributed by atoms with E-state index >= 15 is 0 Å². The van der Waals surface area contributed by atoms with Crippen LogP contribution in [-0.4, -0.2) is 13.1 Å². The summed E-state index contributed by atoms with van der Waals surface area (Å²) in [5, 5.41) is 6.02. The quantitative estimate of drug-likeness (QED) is 0.634. The lowest BCUT2D eigenvalue weighted by molar-refractivity contribution is 0.554. The van der Waals surface area contributed by atoms with Gasteiger partial charge in [0.05, 0.1) is 0 Å². The fraction of sp³-hybridized carbons (Fsp3) is 0.294. The lowest BCUT2D eigenvalue weighted by Gasteiger charge is -2.18. The van der Waals surface area contributed by atoms with Crippen molar-refractivity contribution >= 4 is 10.8 Å². The second kappa shape index (κ2) is 6.94. The smallest absolute Gasteiger partial charge is 0.0451 e. The SMILES string of the molecule is CC#CCCNC(CN)c1cccc2ccccc12. The summed E-state index contributed by atoms with van der Waals surface area (Å²) in [7, 11) is 0. The normalized spacial score (nSPS) is 11.9. The van der Waals surface area contributed by atoms with Gasteiger partial charge in [-0.3, -0.25) is 0 Å². The average Bonchev–Trinajstić information content (AvgIpc) is 2.47. The Labute approximate surface area is 115 Å². The summed E-state index contributed by atoms with van der Waals surface area (Å²) < 4.78 is 0. The molecule has 0 spiro atoms. The van der Waals surface area contributed by atoms with Crippen LogP contribution < -0.4 is 11.1 Å². The Morgan fingerprint density at radius 3 is 2.74 bits per heavy atom. The van der Waals surface area contributed by atoms with Crippen molar-refractivity contribution in [2.24, 2.45) is 5.73 Å². The first kappa shape index (κ1) is 13.6. The molecule has 0 bridgehead atoms. The standard InChI is InChI=1S/C17H20N2/c1-2-3-6-12-19-17(13-18)16-11-7-9-14-8-4-5-10-15(14)16/h4-5,7-11,17,19H,6,12-13,18H2,1H3. The minimum atomic E-state index is 0.185. The minimum absolute atomic E-state index is 0.185. The molecule has 0 aromatic heterocycles. The van der Waals surface area contributed by atoms with E-state index in [0.29, 0.717) is 6.54 Å². The van der Waals surface area contributed by atoms with E-state index in [9.17, 15) is 0 Å². The largest absolute Gasteiger partial charge is 0.329 e. The fourth-order valence-electron chi connectivity index (χ4n) is 2.31. The second-order valence-corrected chi connectivity index (χ2v) is 4.49. The van der Waals surface area contributed by atoms with E-state index in [4.69, 9.17) is 5.73 Å². The maximum absolute atomic E-state index is 5.91. The molecule has 0 aliphatic heterocycles. The summed E-state index contributed by atoms with van der Waals surface area (Å²) >= 11 is 0. The number of rotatable bonds is 5. The molecular weight excluding hydrogens is 232 g/mol.